The van der Waals surface area contributed by atoms with E-state index in [2.05, 4.69) is 59.4 Å². The van der Waals surface area contributed by atoms with Gasteiger partial charge in [0.15, 0.2) is 0 Å². The molecular formula is C48H60N18O3. The van der Waals surface area contributed by atoms with E-state index >= 15 is 0 Å². The van der Waals surface area contributed by atoms with Gasteiger partial charge in [-0.15, -0.1) is 0 Å². The highest BCUT2D eigenvalue weighted by molar-refractivity contribution is 5.89. The first-order chi connectivity index (χ1) is 51.4. The summed E-state index contributed by atoms with van der Waals surface area (Å²) in [6.07, 6.45) is -11.1. The number of hydrogen-bond donors (Lipinski definition) is 3. The van der Waals surface area contributed by atoms with E-state index in [-0.39, 0.29) is 42.9 Å². The van der Waals surface area contributed by atoms with Crippen LogP contribution in [-0.4, -0.2) is 175 Å². The molecule has 0 spiro atoms. The molecule has 6 atom stereocenters. The molecule has 21 heteroatoms. The smallest absolute Gasteiger partial charge is 0.302 e. The van der Waals surface area contributed by atoms with Gasteiger partial charge in [0.05, 0.1) is 46.5 Å². The van der Waals surface area contributed by atoms with Crippen LogP contribution >= 0.6 is 0 Å². The number of anilines is 3. The topological polar surface area (TPSA) is 208 Å². The molecule has 0 saturated carbocycles. The highest BCUT2D eigenvalue weighted by atomic mass is 16.2. The van der Waals surface area contributed by atoms with Crippen LogP contribution in [0.3, 0.4) is 0 Å². The number of hydrogen-bond acceptors (Lipinski definition) is 12. The van der Waals surface area contributed by atoms with Crippen molar-refractivity contribution in [2.75, 3.05) is 94.1 Å². The summed E-state index contributed by atoms with van der Waals surface area (Å²) >= 11 is 0. The normalized spacial score (nSPS) is 44.6. The number of amides is 3. The number of nitrogens with one attached hydrogen (secondary N) is 3. The van der Waals surface area contributed by atoms with Crippen LogP contribution < -0.4 is 14.7 Å². The second-order valence-corrected chi connectivity index (χ2v) is 12.8. The molecule has 360 valence electrons. The maximum absolute atomic E-state index is 13.1. The van der Waals surface area contributed by atoms with Crippen LogP contribution in [0.2, 0.25) is 0 Å². The molecule has 0 aliphatic carbocycles. The Kier molecular flexibility index (Phi) is 5.48. The Morgan fingerprint density at radius 1 is 0.638 bits per heavy atom. The minimum Gasteiger partial charge on any atom is -0.354 e. The first-order valence-corrected chi connectivity index (χ1v) is 18.5. The number of rotatable bonds is 9. The maximum atomic E-state index is 13.1. The molecule has 0 unspecified atom stereocenters. The molecule has 6 aromatic heterocycles. The number of aromatic amines is 3. The third-order valence-electron chi connectivity index (χ3n) is 8.73. The van der Waals surface area contributed by atoms with Gasteiger partial charge in [0.1, 0.15) is 65.6 Å². The van der Waals surface area contributed by atoms with Crippen LogP contribution in [0.4, 0.5) is 17.5 Å². The Hall–Kier alpha value is -7.86. The van der Waals surface area contributed by atoms with E-state index in [4.69, 9.17) is 81.4 Å². The molecule has 0 bridgehead atoms. The van der Waals surface area contributed by atoms with Crippen LogP contribution in [0.25, 0.3) is 47.6 Å². The number of fused-ring (bicyclic) bond motifs is 3. The monoisotopic (exact) mass is 984 g/mol. The molecular weight excluding hydrogens is 877 g/mol. The molecule has 3 aliphatic rings. The number of H-pyrrole nitrogens is 3. The molecule has 0 aromatic carbocycles. The Morgan fingerprint density at radius 3 is 1.41 bits per heavy atom. The van der Waals surface area contributed by atoms with Crippen LogP contribution in [0.5, 0.6) is 0 Å². The molecule has 9 rings (SSSR count). The molecule has 3 amide bonds. The van der Waals surface area contributed by atoms with E-state index in [1.165, 1.54) is 18.5 Å². The molecule has 0 radical (unpaired) electrons. The molecule has 21 nitrogen and oxygen atoms in total. The van der Waals surface area contributed by atoms with E-state index in [0.717, 1.165) is 18.3 Å². The van der Waals surface area contributed by atoms with Crippen molar-refractivity contribution in [1.29, 1.82) is 0 Å². The van der Waals surface area contributed by atoms with Crippen molar-refractivity contribution in [3.8, 4) is 0 Å². The summed E-state index contributed by atoms with van der Waals surface area (Å²) < 4.78 is 388. The first kappa shape index (κ1) is 17.0. The fraction of sp³-hybridized carbons (Fsp3) is 0.500. The first-order valence-electron chi connectivity index (χ1n) is 42.0. The molecule has 3 aliphatic heterocycles. The predicted octanol–water partition coefficient (Wildman–Crippen LogP) is 4.65. The maximum Gasteiger partial charge on any atom is 0.302 e. The van der Waals surface area contributed by atoms with Gasteiger partial charge in [-0.25, -0.2) is 49.6 Å². The number of nitrogens with zero attached hydrogens (tertiary/aromatic N) is 15. The van der Waals surface area contributed by atoms with E-state index in [1.54, 1.807) is 0 Å². The van der Waals surface area contributed by atoms with Gasteiger partial charge in [0.25, 0.3) is 19.5 Å². The zero-order valence-electron chi connectivity index (χ0n) is 81.5. The highest BCUT2D eigenvalue weighted by Crippen LogP contribution is 2.31. The lowest BCUT2D eigenvalue weighted by Crippen LogP contribution is -2.53. The average molecular weight is 984 g/mol. The number of likely N-dealkylation sites (tertiary alicyclic amines) is 3. The Balaban J connectivity index is 0.000000241. The Labute approximate surface area is 467 Å². The van der Waals surface area contributed by atoms with Crippen LogP contribution in [0, 0.1) is 37.4 Å². The van der Waals surface area contributed by atoms with Crippen molar-refractivity contribution in [3.05, 3.63) is 90.0 Å². The van der Waals surface area contributed by atoms with Crippen molar-refractivity contribution < 1.29 is 78.8 Å². The zero-order chi connectivity index (χ0) is 90.4. The molecule has 3 N–H and O–H groups in total. The lowest BCUT2D eigenvalue weighted by atomic mass is 9.92. The molecule has 3 fully saturated rings. The lowest BCUT2D eigenvalue weighted by molar-refractivity contribution is -0.131. The van der Waals surface area contributed by atoms with Gasteiger partial charge in [-0.05, 0) is 55.0 Å². The van der Waals surface area contributed by atoms with Gasteiger partial charge in [0, 0.05) is 118 Å². The minimum atomic E-state index is -4.44. The number of carbonyl (C=O) groups is 3. The summed E-state index contributed by atoms with van der Waals surface area (Å²) in [5, 5.41) is -0.836. The van der Waals surface area contributed by atoms with Crippen LogP contribution in [0.1, 0.15) is 104 Å². The lowest BCUT2D eigenvalue weighted by Gasteiger charge is -2.41. The number of likely N-dealkylation sites (N-methyl/N-ethyl adjacent to an activating group) is 3. The molecule has 6 aromatic rings. The van der Waals surface area contributed by atoms with E-state index in [1.807, 2.05) is 0 Å². The van der Waals surface area contributed by atoms with Crippen molar-refractivity contribution >= 4 is 68.3 Å². The van der Waals surface area contributed by atoms with Gasteiger partial charge < -0.3 is 58.9 Å². The Bertz CT molecular complexity index is 5000. The quantitative estimate of drug-likeness (QED) is 0.169. The fourth-order valence-corrected chi connectivity index (χ4v) is 5.62. The third-order valence-corrected chi connectivity index (χ3v) is 8.73. The van der Waals surface area contributed by atoms with Crippen LogP contribution in [0.15, 0.2) is 55.7 Å². The summed E-state index contributed by atoms with van der Waals surface area (Å²) in [4.78, 5) is 73.1. The van der Waals surface area contributed by atoms with Crippen molar-refractivity contribution in [2.45, 2.75) is 57.8 Å². The Morgan fingerprint density at radius 2 is 1.01 bits per heavy atom. The SMILES string of the molecule is [2H]c1nc(N(C([2H])([2H])[2H])[C@@]2([2H])C([2H])([2H])N(C(=O)C([2H])([2H])[N+]#[C-])C([2H])([2H])C([2H])([2H])[C@@]2([2H])C([2H])([2H])[2H])c2cc[nH]c2n1.[2H]c1nc(N(C([2H])([2H])[2H])[C@@]2([2H])C([2H])([2H])N(C(=O)C([2H])([2H])[N+]#[C-])C([2H])([2H])C([2H])([2H])[C@@]2([2H])C)c2cc[nH]c2n1.[2H]c1nc(N(C([2H])([2H])[2H])[C@]2([2H])[C@H](C([2H])([2H])[2H])C([2H])([2H])C([2H])([2H])N(C(=O)C([2H])([2H])[N+]#[C-])C2([2H])[2H])c2cc[nH]c2n1. The summed E-state index contributed by atoms with van der Waals surface area (Å²) in [5.41, 5.74) is -0.615. The van der Waals surface area contributed by atoms with Gasteiger partial charge in [0.2, 0.25) is 0 Å². The number of carbonyl (C=O) groups excluding carboxylic acids is 3. The van der Waals surface area contributed by atoms with Crippen LogP contribution in [-0.2, 0) is 14.4 Å². The summed E-state index contributed by atoms with van der Waals surface area (Å²) in [6, 6.07) is -8.83. The van der Waals surface area contributed by atoms with Gasteiger partial charge >= 0.3 is 17.7 Å². The van der Waals surface area contributed by atoms with Crippen molar-refractivity contribution in [2.24, 2.45) is 17.7 Å². The van der Waals surface area contributed by atoms with E-state index < -0.39 is 222 Å². The van der Waals surface area contributed by atoms with E-state index in [9.17, 15) is 17.1 Å². The average Bonchev–Trinajstić information content (AvgIpc) is 0.670. The molecule has 69 heavy (non-hydrogen) atoms. The third kappa shape index (κ3) is 11.0. The number of piperidine rings is 3. The highest BCUT2D eigenvalue weighted by Gasteiger charge is 2.36. The van der Waals surface area contributed by atoms with Gasteiger partial charge in [-0.2, -0.15) is 0 Å². The predicted molar refractivity (Wildman–Crippen MR) is 264 cm³/mol. The second-order valence-electron chi connectivity index (χ2n) is 12.8. The largest absolute Gasteiger partial charge is 0.354 e. The summed E-state index contributed by atoms with van der Waals surface area (Å²) in [5.74, 6) is -20.8. The fourth-order valence-electron chi connectivity index (χ4n) is 5.62. The molecule has 9 heterocycles. The van der Waals surface area contributed by atoms with Crippen molar-refractivity contribution in [3.63, 3.8) is 0 Å². The number of aromatic nitrogens is 9. The minimum absolute atomic E-state index is 0.107. The summed E-state index contributed by atoms with van der Waals surface area (Å²) in [6.45, 7) is -33.9. The summed E-state index contributed by atoms with van der Waals surface area (Å²) in [7, 11) is 0. The van der Waals surface area contributed by atoms with Gasteiger partial charge in [-0.3, -0.25) is 14.4 Å². The standard InChI is InChI=1S/3C16H20N6O/c3*1-11-5-7-22(14(23)8-17-2)9-13(11)21(3)16-12-4-6-18-15(12)19-10-20-16/h3*4,6,10-11,13H,5,7-9H2,1,3H3,(H,18,19,20)/t3*11-,13+/m111/s1/i1D3,3D3,5D2,7D2,8D2,9D2,10D,11D,13D;3D3,5D2,7D2,8D2,9D2,10D,11D,13D;1D3,3D3,5D2,7D2,8D2,9D2,10D,13D. The van der Waals surface area contributed by atoms with Gasteiger partial charge in [-0.1, -0.05) is 20.6 Å². The van der Waals surface area contributed by atoms with E-state index in [0.29, 0.717) is 6.92 Å². The second kappa shape index (κ2) is 22.3. The van der Waals surface area contributed by atoms with Crippen molar-refractivity contribution in [1.82, 2.24) is 59.6 Å². The molecule has 3 saturated heterocycles. The zero-order valence-corrected chi connectivity index (χ0v) is 34.5.